The van der Waals surface area contributed by atoms with Crippen LogP contribution in [0.5, 0.6) is 0 Å². The smallest absolute Gasteiger partial charge is 0.222 e. The molecular formula is C58H113NO4. The van der Waals surface area contributed by atoms with Crippen LogP contribution in [0.15, 0.2) is 24.3 Å². The van der Waals surface area contributed by atoms with E-state index >= 15 is 0 Å². The van der Waals surface area contributed by atoms with E-state index in [0.717, 1.165) is 25.7 Å². The molecule has 5 nitrogen and oxygen atoms in total. The van der Waals surface area contributed by atoms with Crippen LogP contribution in [0.2, 0.25) is 0 Å². The number of nitrogens with one attached hydrogen (secondary N) is 1. The van der Waals surface area contributed by atoms with Crippen molar-refractivity contribution in [2.75, 3.05) is 6.61 Å². The molecule has 0 heterocycles. The highest BCUT2D eigenvalue weighted by atomic mass is 16.3. The number of hydrogen-bond donors (Lipinski definition) is 4. The maximum atomic E-state index is 12.5. The van der Waals surface area contributed by atoms with Crippen molar-refractivity contribution >= 4 is 5.91 Å². The van der Waals surface area contributed by atoms with Gasteiger partial charge in [0.25, 0.3) is 0 Å². The summed E-state index contributed by atoms with van der Waals surface area (Å²) in [6.07, 6.45) is 68.0. The van der Waals surface area contributed by atoms with Gasteiger partial charge < -0.3 is 20.6 Å². The van der Waals surface area contributed by atoms with E-state index in [-0.39, 0.29) is 18.9 Å². The van der Waals surface area contributed by atoms with Crippen LogP contribution in [-0.2, 0) is 4.79 Å². The molecule has 4 N–H and O–H groups in total. The van der Waals surface area contributed by atoms with Gasteiger partial charge >= 0.3 is 0 Å². The molecule has 1 amide bonds. The van der Waals surface area contributed by atoms with Crippen LogP contribution >= 0.6 is 0 Å². The second-order valence-corrected chi connectivity index (χ2v) is 19.9. The zero-order valence-corrected chi connectivity index (χ0v) is 42.7. The van der Waals surface area contributed by atoms with E-state index in [0.29, 0.717) is 6.42 Å². The number of aliphatic hydroxyl groups is 3. The minimum Gasteiger partial charge on any atom is -0.394 e. The molecule has 0 aliphatic rings. The van der Waals surface area contributed by atoms with E-state index in [2.05, 4.69) is 31.3 Å². The van der Waals surface area contributed by atoms with Crippen molar-refractivity contribution < 1.29 is 20.1 Å². The van der Waals surface area contributed by atoms with E-state index < -0.39 is 18.2 Å². The Kier molecular flexibility index (Phi) is 52.5. The molecule has 0 rings (SSSR count). The summed E-state index contributed by atoms with van der Waals surface area (Å²) in [5.74, 6) is -0.311. The molecule has 5 heteroatoms. The molecule has 3 atom stereocenters. The molecule has 0 fully saturated rings. The summed E-state index contributed by atoms with van der Waals surface area (Å²) in [4.78, 5) is 12.5. The predicted molar refractivity (Wildman–Crippen MR) is 278 cm³/mol. The van der Waals surface area contributed by atoms with Crippen LogP contribution in [0.4, 0.5) is 0 Å². The highest BCUT2D eigenvalue weighted by molar-refractivity contribution is 5.76. The predicted octanol–water partition coefficient (Wildman–Crippen LogP) is 17.7. The number of aliphatic hydroxyl groups excluding tert-OH is 3. The van der Waals surface area contributed by atoms with Gasteiger partial charge in [0, 0.05) is 0 Å². The summed E-state index contributed by atoms with van der Waals surface area (Å²) in [5.41, 5.74) is 0. The number of amides is 1. The van der Waals surface area contributed by atoms with E-state index in [1.165, 1.54) is 263 Å². The van der Waals surface area contributed by atoms with Crippen LogP contribution in [0.1, 0.15) is 316 Å². The van der Waals surface area contributed by atoms with E-state index in [1.54, 1.807) is 6.08 Å². The molecule has 0 saturated heterocycles. The van der Waals surface area contributed by atoms with Gasteiger partial charge in [-0.2, -0.15) is 0 Å². The third-order valence-electron chi connectivity index (χ3n) is 13.5. The average molecular weight is 889 g/mol. The van der Waals surface area contributed by atoms with Gasteiger partial charge in [-0.3, -0.25) is 4.79 Å². The Hall–Kier alpha value is -1.17. The maximum absolute atomic E-state index is 12.5. The fraction of sp³-hybridized carbons (Fsp3) is 0.914. The Labute approximate surface area is 394 Å². The quantitative estimate of drug-likeness (QED) is 0.0362. The van der Waals surface area contributed by atoms with Crippen molar-refractivity contribution in [3.8, 4) is 0 Å². The average Bonchev–Trinajstić information content (AvgIpc) is 3.28. The highest BCUT2D eigenvalue weighted by Crippen LogP contribution is 2.17. The van der Waals surface area contributed by atoms with Crippen molar-refractivity contribution in [1.29, 1.82) is 0 Å². The number of rotatable bonds is 53. The van der Waals surface area contributed by atoms with Crippen LogP contribution in [0.25, 0.3) is 0 Å². The van der Waals surface area contributed by atoms with E-state index in [1.807, 2.05) is 6.08 Å². The van der Waals surface area contributed by atoms with Crippen LogP contribution in [-0.4, -0.2) is 46.1 Å². The van der Waals surface area contributed by atoms with Gasteiger partial charge in [0.05, 0.1) is 31.3 Å². The first kappa shape index (κ1) is 61.8. The zero-order valence-electron chi connectivity index (χ0n) is 42.7. The largest absolute Gasteiger partial charge is 0.394 e. The molecule has 3 unspecified atom stereocenters. The second kappa shape index (κ2) is 53.4. The monoisotopic (exact) mass is 888 g/mol. The van der Waals surface area contributed by atoms with Crippen LogP contribution < -0.4 is 5.32 Å². The van der Waals surface area contributed by atoms with Gasteiger partial charge in [0.1, 0.15) is 0 Å². The number of allylic oxidation sites excluding steroid dienone is 3. The standard InChI is InChI=1S/C58H113NO4/c1-3-5-7-9-11-13-15-17-19-21-23-25-27-28-29-30-31-33-35-37-39-41-43-45-47-49-51-55(61)53-58(63)59-56(54-60)57(62)52-50-48-46-44-42-40-38-36-34-32-26-24-22-20-18-16-14-12-10-8-6-4-2/h28-29,50,52,55-57,60-62H,3-27,30-49,51,53-54H2,1-2H3,(H,59,63)/b29-28-,52-50+. The van der Waals surface area contributed by atoms with Gasteiger partial charge in [0.2, 0.25) is 5.91 Å². The summed E-state index contributed by atoms with van der Waals surface area (Å²) in [7, 11) is 0. The number of carbonyl (C=O) groups excluding carboxylic acids is 1. The van der Waals surface area contributed by atoms with Crippen molar-refractivity contribution in [1.82, 2.24) is 5.32 Å². The summed E-state index contributed by atoms with van der Waals surface area (Å²) in [6, 6.07) is -0.744. The summed E-state index contributed by atoms with van der Waals surface area (Å²) >= 11 is 0. The molecule has 0 spiro atoms. The lowest BCUT2D eigenvalue weighted by Crippen LogP contribution is -2.45. The van der Waals surface area contributed by atoms with Gasteiger partial charge in [0.15, 0.2) is 0 Å². The molecule has 63 heavy (non-hydrogen) atoms. The summed E-state index contributed by atoms with van der Waals surface area (Å²) in [5, 5.41) is 33.5. The lowest BCUT2D eigenvalue weighted by molar-refractivity contribution is -0.124. The molecule has 0 radical (unpaired) electrons. The first-order chi connectivity index (χ1) is 31.0. The van der Waals surface area contributed by atoms with E-state index in [9.17, 15) is 20.1 Å². The van der Waals surface area contributed by atoms with Gasteiger partial charge in [-0.05, 0) is 44.9 Å². The second-order valence-electron chi connectivity index (χ2n) is 19.9. The van der Waals surface area contributed by atoms with Crippen LogP contribution in [0.3, 0.4) is 0 Å². The Bertz CT molecular complexity index is 936. The molecule has 0 aromatic carbocycles. The minimum absolute atomic E-state index is 0.0154. The lowest BCUT2D eigenvalue weighted by Gasteiger charge is -2.21. The normalized spacial score (nSPS) is 13.4. The SMILES string of the molecule is CCCCCCCCCCCCCC/C=C\CCCCCCCCCCCCC(O)CC(=O)NC(CO)C(O)/C=C/CCCCCCCCCCCCCCCCCCCCCC. The molecule has 0 saturated carbocycles. The van der Waals surface area contributed by atoms with E-state index in [4.69, 9.17) is 0 Å². The number of unbranched alkanes of at least 4 members (excludes halogenated alkanes) is 42. The third kappa shape index (κ3) is 50.1. The Balaban J connectivity index is 3.56. The minimum atomic E-state index is -0.929. The Morgan fingerprint density at radius 1 is 0.397 bits per heavy atom. The fourth-order valence-corrected chi connectivity index (χ4v) is 9.10. The third-order valence-corrected chi connectivity index (χ3v) is 13.5. The first-order valence-electron chi connectivity index (χ1n) is 28.6. The van der Waals surface area contributed by atoms with Gasteiger partial charge in [-0.15, -0.1) is 0 Å². The highest BCUT2D eigenvalue weighted by Gasteiger charge is 2.20. The van der Waals surface area contributed by atoms with Gasteiger partial charge in [-0.1, -0.05) is 289 Å². The van der Waals surface area contributed by atoms with Crippen LogP contribution in [0, 0.1) is 0 Å². The van der Waals surface area contributed by atoms with Crippen molar-refractivity contribution in [2.24, 2.45) is 0 Å². The van der Waals surface area contributed by atoms with Crippen molar-refractivity contribution in [2.45, 2.75) is 334 Å². The summed E-state index contributed by atoms with van der Waals surface area (Å²) < 4.78 is 0. The molecule has 0 bridgehead atoms. The molecule has 0 aliphatic carbocycles. The fourth-order valence-electron chi connectivity index (χ4n) is 9.10. The van der Waals surface area contributed by atoms with Gasteiger partial charge in [-0.25, -0.2) is 0 Å². The zero-order chi connectivity index (χ0) is 45.8. The van der Waals surface area contributed by atoms with Crippen molar-refractivity contribution in [3.05, 3.63) is 24.3 Å². The Morgan fingerprint density at radius 2 is 0.667 bits per heavy atom. The molecule has 0 aromatic heterocycles. The topological polar surface area (TPSA) is 89.8 Å². The maximum Gasteiger partial charge on any atom is 0.222 e. The molecule has 374 valence electrons. The first-order valence-corrected chi connectivity index (χ1v) is 28.6. The summed E-state index contributed by atoms with van der Waals surface area (Å²) in [6.45, 7) is 4.25. The Morgan fingerprint density at radius 3 is 0.968 bits per heavy atom. The molecule has 0 aromatic rings. The number of hydrogen-bond acceptors (Lipinski definition) is 4. The number of carbonyl (C=O) groups is 1. The van der Waals surface area contributed by atoms with Crippen molar-refractivity contribution in [3.63, 3.8) is 0 Å². The lowest BCUT2D eigenvalue weighted by atomic mass is 10.0. The molecular weight excluding hydrogens is 775 g/mol. The molecule has 0 aliphatic heterocycles.